The van der Waals surface area contributed by atoms with Gasteiger partial charge in [-0.15, -0.1) is 0 Å². The third-order valence-corrected chi connectivity index (χ3v) is 3.35. The van der Waals surface area contributed by atoms with E-state index in [1.54, 1.807) is 0 Å². The third-order valence-electron chi connectivity index (χ3n) is 2.89. The van der Waals surface area contributed by atoms with Crippen molar-refractivity contribution in [1.82, 2.24) is 0 Å². The Morgan fingerprint density at radius 1 is 1.17 bits per heavy atom. The van der Waals surface area contributed by atoms with Crippen LogP contribution in [0.2, 0.25) is 0 Å². The molecule has 1 nitrogen and oxygen atoms in total. The van der Waals surface area contributed by atoms with Crippen LogP contribution in [-0.2, 0) is 6.42 Å². The van der Waals surface area contributed by atoms with Gasteiger partial charge >= 0.3 is 0 Å². The molecule has 2 aromatic carbocycles. The molecule has 0 bridgehead atoms. The molecule has 0 amide bonds. The summed E-state index contributed by atoms with van der Waals surface area (Å²) in [5.74, 6) is -0.265. The second kappa shape index (κ2) is 5.63. The van der Waals surface area contributed by atoms with Crippen LogP contribution < -0.4 is 5.73 Å². The fraction of sp³-hybridized carbons (Fsp3) is 0.200. The number of benzene rings is 2. The Bertz CT molecular complexity index is 516. The maximum absolute atomic E-state index is 13.3. The van der Waals surface area contributed by atoms with E-state index in [4.69, 9.17) is 5.73 Å². The van der Waals surface area contributed by atoms with Crippen molar-refractivity contribution >= 4 is 15.9 Å². The molecule has 0 saturated heterocycles. The van der Waals surface area contributed by atoms with Gasteiger partial charge in [0.2, 0.25) is 0 Å². The van der Waals surface area contributed by atoms with Gasteiger partial charge in [-0.3, -0.25) is 0 Å². The van der Waals surface area contributed by atoms with E-state index in [1.807, 2.05) is 13.0 Å². The number of aryl methyl sites for hydroxylation is 1. The maximum atomic E-state index is 13.3. The normalized spacial score (nSPS) is 12.4. The quantitative estimate of drug-likeness (QED) is 0.906. The van der Waals surface area contributed by atoms with Crippen molar-refractivity contribution in [1.29, 1.82) is 0 Å². The third kappa shape index (κ3) is 3.40. The summed E-state index contributed by atoms with van der Waals surface area (Å²) in [5.41, 5.74) is 9.31. The topological polar surface area (TPSA) is 26.0 Å². The Hall–Kier alpha value is -1.19. The molecule has 0 radical (unpaired) electrons. The van der Waals surface area contributed by atoms with Crippen LogP contribution in [0.4, 0.5) is 4.39 Å². The van der Waals surface area contributed by atoms with Crippen molar-refractivity contribution in [3.63, 3.8) is 0 Å². The number of hydrogen-bond acceptors (Lipinski definition) is 1. The van der Waals surface area contributed by atoms with Gasteiger partial charge in [0, 0.05) is 10.5 Å². The summed E-state index contributed by atoms with van der Waals surface area (Å²) in [6, 6.07) is 12.8. The van der Waals surface area contributed by atoms with E-state index in [9.17, 15) is 4.39 Å². The second-order valence-corrected chi connectivity index (χ2v) is 5.41. The zero-order chi connectivity index (χ0) is 13.1. The molecule has 2 N–H and O–H groups in total. The van der Waals surface area contributed by atoms with Crippen LogP contribution in [0.1, 0.15) is 22.7 Å². The summed E-state index contributed by atoms with van der Waals surface area (Å²) in [6.45, 7) is 2.05. The molecule has 0 heterocycles. The van der Waals surface area contributed by atoms with E-state index < -0.39 is 0 Å². The molecule has 0 aliphatic carbocycles. The van der Waals surface area contributed by atoms with Crippen LogP contribution in [0.5, 0.6) is 0 Å². The van der Waals surface area contributed by atoms with Crippen LogP contribution in [-0.4, -0.2) is 0 Å². The molecular formula is C15H15BrFN. The van der Waals surface area contributed by atoms with Crippen molar-refractivity contribution in [2.45, 2.75) is 19.4 Å². The van der Waals surface area contributed by atoms with Gasteiger partial charge in [0.05, 0.1) is 0 Å². The molecule has 2 aromatic rings. The van der Waals surface area contributed by atoms with Gasteiger partial charge in [-0.05, 0) is 42.7 Å². The minimum Gasteiger partial charge on any atom is -0.324 e. The Kier molecular flexibility index (Phi) is 4.15. The van der Waals surface area contributed by atoms with E-state index in [2.05, 4.69) is 40.2 Å². The van der Waals surface area contributed by atoms with Crippen molar-refractivity contribution in [2.75, 3.05) is 0 Å². The standard InChI is InChI=1S/C15H15BrFN/c1-10-2-4-11(5-3-10)6-15(18)12-7-13(16)9-14(17)8-12/h2-5,7-9,15H,6,18H2,1H3. The molecule has 0 saturated carbocycles. The van der Waals surface area contributed by atoms with E-state index in [1.165, 1.54) is 17.7 Å². The molecule has 3 heteroatoms. The Labute approximate surface area is 115 Å². The summed E-state index contributed by atoms with van der Waals surface area (Å²) in [4.78, 5) is 0. The average Bonchev–Trinajstić information content (AvgIpc) is 2.31. The highest BCUT2D eigenvalue weighted by atomic mass is 79.9. The Morgan fingerprint density at radius 3 is 2.44 bits per heavy atom. The molecule has 0 aliphatic heterocycles. The fourth-order valence-electron chi connectivity index (χ4n) is 1.89. The fourth-order valence-corrected chi connectivity index (χ4v) is 2.37. The van der Waals surface area contributed by atoms with Crippen molar-refractivity contribution in [3.8, 4) is 0 Å². The van der Waals surface area contributed by atoms with Gasteiger partial charge in [0.1, 0.15) is 5.82 Å². The number of rotatable bonds is 3. The first-order chi connectivity index (χ1) is 8.54. The van der Waals surface area contributed by atoms with Gasteiger partial charge in [-0.25, -0.2) is 4.39 Å². The molecule has 0 aromatic heterocycles. The van der Waals surface area contributed by atoms with E-state index >= 15 is 0 Å². The van der Waals surface area contributed by atoms with Crippen molar-refractivity contribution < 1.29 is 4.39 Å². The number of nitrogens with two attached hydrogens (primary N) is 1. The largest absolute Gasteiger partial charge is 0.324 e. The summed E-state index contributed by atoms with van der Waals surface area (Å²) in [6.07, 6.45) is 0.705. The maximum Gasteiger partial charge on any atom is 0.124 e. The van der Waals surface area contributed by atoms with Gasteiger partial charge in [-0.1, -0.05) is 45.8 Å². The summed E-state index contributed by atoms with van der Waals surface area (Å²) >= 11 is 3.28. The lowest BCUT2D eigenvalue weighted by atomic mass is 9.99. The predicted molar refractivity (Wildman–Crippen MR) is 75.9 cm³/mol. The zero-order valence-corrected chi connectivity index (χ0v) is 11.7. The van der Waals surface area contributed by atoms with Crippen LogP contribution in [0.3, 0.4) is 0 Å². The highest BCUT2D eigenvalue weighted by Crippen LogP contribution is 2.21. The van der Waals surface area contributed by atoms with Gasteiger partial charge < -0.3 is 5.73 Å². The lowest BCUT2D eigenvalue weighted by Crippen LogP contribution is -2.13. The van der Waals surface area contributed by atoms with Crippen LogP contribution >= 0.6 is 15.9 Å². The average molecular weight is 308 g/mol. The van der Waals surface area contributed by atoms with Gasteiger partial charge in [-0.2, -0.15) is 0 Å². The molecular weight excluding hydrogens is 293 g/mol. The SMILES string of the molecule is Cc1ccc(CC(N)c2cc(F)cc(Br)c2)cc1. The van der Waals surface area contributed by atoms with Crippen molar-refractivity contribution in [3.05, 3.63) is 69.4 Å². The number of hydrogen-bond donors (Lipinski definition) is 1. The molecule has 0 fully saturated rings. The first kappa shape index (κ1) is 13.2. The monoisotopic (exact) mass is 307 g/mol. The van der Waals surface area contributed by atoms with Gasteiger partial charge in [0.15, 0.2) is 0 Å². The van der Waals surface area contributed by atoms with Gasteiger partial charge in [0.25, 0.3) is 0 Å². The number of halogens is 2. The highest BCUT2D eigenvalue weighted by Gasteiger charge is 2.09. The molecule has 1 unspecified atom stereocenters. The summed E-state index contributed by atoms with van der Waals surface area (Å²) < 4.78 is 14.0. The van der Waals surface area contributed by atoms with E-state index in [-0.39, 0.29) is 11.9 Å². The molecule has 94 valence electrons. The van der Waals surface area contributed by atoms with E-state index in [0.29, 0.717) is 6.42 Å². The molecule has 2 rings (SSSR count). The minimum atomic E-state index is -0.265. The molecule has 1 atom stereocenters. The zero-order valence-electron chi connectivity index (χ0n) is 10.2. The van der Waals surface area contributed by atoms with Crippen LogP contribution in [0.15, 0.2) is 46.9 Å². The van der Waals surface area contributed by atoms with Crippen LogP contribution in [0.25, 0.3) is 0 Å². The summed E-state index contributed by atoms with van der Waals surface area (Å²) in [5, 5.41) is 0. The molecule has 0 spiro atoms. The summed E-state index contributed by atoms with van der Waals surface area (Å²) in [7, 11) is 0. The molecule has 0 aliphatic rings. The highest BCUT2D eigenvalue weighted by molar-refractivity contribution is 9.10. The first-order valence-corrected chi connectivity index (χ1v) is 6.61. The molecule has 18 heavy (non-hydrogen) atoms. The Balaban J connectivity index is 2.16. The Morgan fingerprint density at radius 2 is 1.83 bits per heavy atom. The lowest BCUT2D eigenvalue weighted by molar-refractivity contribution is 0.617. The lowest BCUT2D eigenvalue weighted by Gasteiger charge is -2.13. The van der Waals surface area contributed by atoms with Crippen molar-refractivity contribution in [2.24, 2.45) is 5.73 Å². The first-order valence-electron chi connectivity index (χ1n) is 5.82. The predicted octanol–water partition coefficient (Wildman–Crippen LogP) is 4.14. The van der Waals surface area contributed by atoms with E-state index in [0.717, 1.165) is 15.6 Å². The minimum absolute atomic E-state index is 0.195. The smallest absolute Gasteiger partial charge is 0.124 e. The van der Waals surface area contributed by atoms with Crippen LogP contribution in [0, 0.1) is 12.7 Å². The second-order valence-electron chi connectivity index (χ2n) is 4.50.